The van der Waals surface area contributed by atoms with Crippen LogP contribution in [0.15, 0.2) is 21.0 Å². The van der Waals surface area contributed by atoms with Crippen LogP contribution in [0.2, 0.25) is 0 Å². The predicted molar refractivity (Wildman–Crippen MR) is 94.8 cm³/mol. The summed E-state index contributed by atoms with van der Waals surface area (Å²) in [5, 5.41) is 0. The van der Waals surface area contributed by atoms with Gasteiger partial charge in [0, 0.05) is 18.9 Å². The molecular formula is C20H25N3O3. The van der Waals surface area contributed by atoms with Crippen molar-refractivity contribution in [3.8, 4) is 0 Å². The monoisotopic (exact) mass is 355 g/mol. The Kier molecular flexibility index (Phi) is 4.08. The third-order valence-electron chi connectivity index (χ3n) is 5.94. The summed E-state index contributed by atoms with van der Waals surface area (Å²) < 4.78 is 11.8. The number of oxazole rings is 1. The molecule has 0 aromatic carbocycles. The molecule has 1 aliphatic carbocycles. The quantitative estimate of drug-likeness (QED) is 0.842. The molecule has 3 aliphatic rings. The Labute approximate surface area is 153 Å². The molecule has 2 aromatic rings. The second-order valence-corrected chi connectivity index (χ2v) is 7.78. The SMILES string of the molecule is O=C(c1ccc(CN2CCCC2)o1)N1CCc2oc(C3CCC3)nc2C1. The van der Waals surface area contributed by atoms with Gasteiger partial charge in [-0.3, -0.25) is 9.69 Å². The molecule has 0 atom stereocenters. The van der Waals surface area contributed by atoms with Crippen molar-refractivity contribution in [2.24, 2.45) is 0 Å². The van der Waals surface area contributed by atoms with Crippen molar-refractivity contribution in [3.63, 3.8) is 0 Å². The molecule has 6 heteroatoms. The van der Waals surface area contributed by atoms with E-state index < -0.39 is 0 Å². The second-order valence-electron chi connectivity index (χ2n) is 7.78. The Balaban J connectivity index is 1.26. The fraction of sp³-hybridized carbons (Fsp3) is 0.600. The first kappa shape index (κ1) is 16.1. The number of carbonyl (C=O) groups excluding carboxylic acids is 1. The van der Waals surface area contributed by atoms with E-state index in [1.165, 1.54) is 32.1 Å². The molecule has 4 heterocycles. The largest absolute Gasteiger partial charge is 0.455 e. The summed E-state index contributed by atoms with van der Waals surface area (Å²) in [6.07, 6.45) is 6.86. The lowest BCUT2D eigenvalue weighted by Gasteiger charge is -2.24. The van der Waals surface area contributed by atoms with Gasteiger partial charge in [0.25, 0.3) is 5.91 Å². The maximum atomic E-state index is 12.8. The van der Waals surface area contributed by atoms with Gasteiger partial charge in [-0.05, 0) is 50.9 Å². The van der Waals surface area contributed by atoms with E-state index in [1.54, 1.807) is 0 Å². The highest BCUT2D eigenvalue weighted by Crippen LogP contribution is 2.37. The lowest BCUT2D eigenvalue weighted by molar-refractivity contribution is 0.0692. The molecule has 2 aromatic heterocycles. The highest BCUT2D eigenvalue weighted by molar-refractivity contribution is 5.91. The molecule has 0 radical (unpaired) electrons. The van der Waals surface area contributed by atoms with Crippen LogP contribution in [-0.4, -0.2) is 40.3 Å². The molecule has 1 saturated carbocycles. The molecule has 0 spiro atoms. The summed E-state index contributed by atoms with van der Waals surface area (Å²) in [5.41, 5.74) is 0.926. The first-order valence-electron chi connectivity index (χ1n) is 9.85. The van der Waals surface area contributed by atoms with E-state index in [0.29, 0.717) is 24.8 Å². The van der Waals surface area contributed by atoms with Gasteiger partial charge in [0.1, 0.15) is 17.2 Å². The molecule has 0 bridgehead atoms. The summed E-state index contributed by atoms with van der Waals surface area (Å²) in [4.78, 5) is 21.7. The van der Waals surface area contributed by atoms with E-state index in [2.05, 4.69) is 9.88 Å². The number of fused-ring (bicyclic) bond motifs is 1. The van der Waals surface area contributed by atoms with Crippen LogP contribution in [0.1, 0.15) is 71.7 Å². The smallest absolute Gasteiger partial charge is 0.289 e. The molecule has 2 aliphatic heterocycles. The highest BCUT2D eigenvalue weighted by atomic mass is 16.4. The zero-order chi connectivity index (χ0) is 17.5. The molecule has 26 heavy (non-hydrogen) atoms. The number of hydrogen-bond acceptors (Lipinski definition) is 5. The minimum absolute atomic E-state index is 0.0449. The van der Waals surface area contributed by atoms with Gasteiger partial charge < -0.3 is 13.7 Å². The topological polar surface area (TPSA) is 62.7 Å². The van der Waals surface area contributed by atoms with Crippen molar-refractivity contribution >= 4 is 5.91 Å². The number of aromatic nitrogens is 1. The number of furan rings is 1. The molecule has 1 amide bonds. The molecule has 6 nitrogen and oxygen atoms in total. The standard InChI is InChI=1S/C20H25N3O3/c24-20(18-7-6-15(25-18)12-22-9-1-2-10-22)23-11-8-17-16(13-23)21-19(26-17)14-4-3-5-14/h6-7,14H,1-5,8-13H2. The minimum Gasteiger partial charge on any atom is -0.455 e. The fourth-order valence-electron chi connectivity index (χ4n) is 4.12. The van der Waals surface area contributed by atoms with Crippen LogP contribution in [0, 0.1) is 0 Å². The van der Waals surface area contributed by atoms with Crippen LogP contribution in [0.4, 0.5) is 0 Å². The van der Waals surface area contributed by atoms with Crippen molar-refractivity contribution in [3.05, 3.63) is 41.0 Å². The summed E-state index contributed by atoms with van der Waals surface area (Å²) in [5.74, 6) is 3.60. The van der Waals surface area contributed by atoms with Crippen molar-refractivity contribution in [2.75, 3.05) is 19.6 Å². The van der Waals surface area contributed by atoms with Gasteiger partial charge in [-0.2, -0.15) is 0 Å². The minimum atomic E-state index is -0.0449. The van der Waals surface area contributed by atoms with Crippen LogP contribution in [0.25, 0.3) is 0 Å². The Bertz CT molecular complexity index is 799. The van der Waals surface area contributed by atoms with Gasteiger partial charge in [-0.1, -0.05) is 6.42 Å². The van der Waals surface area contributed by atoms with E-state index >= 15 is 0 Å². The Hall–Kier alpha value is -2.08. The maximum absolute atomic E-state index is 12.8. The number of nitrogens with zero attached hydrogens (tertiary/aromatic N) is 3. The molecule has 2 fully saturated rings. The summed E-state index contributed by atoms with van der Waals surface area (Å²) >= 11 is 0. The van der Waals surface area contributed by atoms with Gasteiger partial charge >= 0.3 is 0 Å². The van der Waals surface area contributed by atoms with Gasteiger partial charge in [0.2, 0.25) is 0 Å². The van der Waals surface area contributed by atoms with E-state index in [1.807, 2.05) is 17.0 Å². The Morgan fingerprint density at radius 1 is 1.12 bits per heavy atom. The summed E-state index contributed by atoms with van der Waals surface area (Å²) in [7, 11) is 0. The Morgan fingerprint density at radius 2 is 1.96 bits per heavy atom. The highest BCUT2D eigenvalue weighted by Gasteiger charge is 2.31. The van der Waals surface area contributed by atoms with E-state index in [-0.39, 0.29) is 5.91 Å². The number of amides is 1. The van der Waals surface area contributed by atoms with E-state index in [9.17, 15) is 4.79 Å². The van der Waals surface area contributed by atoms with Crippen LogP contribution in [-0.2, 0) is 19.5 Å². The number of rotatable bonds is 4. The number of carbonyl (C=O) groups is 1. The summed E-state index contributed by atoms with van der Waals surface area (Å²) in [6, 6.07) is 3.75. The molecule has 0 unspecified atom stereocenters. The average molecular weight is 355 g/mol. The van der Waals surface area contributed by atoms with Gasteiger partial charge in [0.05, 0.1) is 13.1 Å². The molecular weight excluding hydrogens is 330 g/mol. The average Bonchev–Trinajstić information content (AvgIpc) is 3.32. The van der Waals surface area contributed by atoms with Crippen LogP contribution in [0.5, 0.6) is 0 Å². The molecule has 138 valence electrons. The van der Waals surface area contributed by atoms with Gasteiger partial charge in [0.15, 0.2) is 11.7 Å². The van der Waals surface area contributed by atoms with Crippen LogP contribution < -0.4 is 0 Å². The van der Waals surface area contributed by atoms with Crippen molar-refractivity contribution in [1.82, 2.24) is 14.8 Å². The van der Waals surface area contributed by atoms with E-state index in [0.717, 1.165) is 49.2 Å². The lowest BCUT2D eigenvalue weighted by Crippen LogP contribution is -2.35. The fourth-order valence-corrected chi connectivity index (χ4v) is 4.12. The third-order valence-corrected chi connectivity index (χ3v) is 5.94. The van der Waals surface area contributed by atoms with Crippen molar-refractivity contribution in [1.29, 1.82) is 0 Å². The number of likely N-dealkylation sites (tertiary alicyclic amines) is 1. The van der Waals surface area contributed by atoms with Crippen molar-refractivity contribution < 1.29 is 13.6 Å². The zero-order valence-electron chi connectivity index (χ0n) is 15.1. The molecule has 0 N–H and O–H groups in total. The van der Waals surface area contributed by atoms with Crippen LogP contribution >= 0.6 is 0 Å². The van der Waals surface area contributed by atoms with Gasteiger partial charge in [-0.25, -0.2) is 4.98 Å². The zero-order valence-corrected chi connectivity index (χ0v) is 15.1. The first-order valence-corrected chi connectivity index (χ1v) is 9.85. The predicted octanol–water partition coefficient (Wildman–Crippen LogP) is 3.33. The molecule has 1 saturated heterocycles. The number of hydrogen-bond donors (Lipinski definition) is 0. The van der Waals surface area contributed by atoms with E-state index in [4.69, 9.17) is 8.83 Å². The summed E-state index contributed by atoms with van der Waals surface area (Å²) in [6.45, 7) is 4.22. The Morgan fingerprint density at radius 3 is 2.73 bits per heavy atom. The molecule has 5 rings (SSSR count). The van der Waals surface area contributed by atoms with Gasteiger partial charge in [-0.15, -0.1) is 0 Å². The third kappa shape index (κ3) is 2.96. The second kappa shape index (κ2) is 6.58. The first-order chi connectivity index (χ1) is 12.8. The maximum Gasteiger partial charge on any atom is 0.289 e. The normalized spacial score (nSPS) is 21.0. The lowest BCUT2D eigenvalue weighted by atomic mass is 9.85. The van der Waals surface area contributed by atoms with Crippen LogP contribution in [0.3, 0.4) is 0 Å². The van der Waals surface area contributed by atoms with Crippen molar-refractivity contribution in [2.45, 2.75) is 57.5 Å².